The van der Waals surface area contributed by atoms with E-state index in [4.69, 9.17) is 9.47 Å². The third-order valence-electron chi connectivity index (χ3n) is 4.41. The number of allylic oxidation sites excluding steroid dienone is 1. The molecule has 1 amide bonds. The third kappa shape index (κ3) is 5.57. The zero-order chi connectivity index (χ0) is 23.1. The number of halogens is 2. The van der Waals surface area contributed by atoms with E-state index in [-0.39, 0.29) is 24.4 Å². The fourth-order valence-electron chi connectivity index (χ4n) is 2.85. The number of amides is 1. The predicted molar refractivity (Wildman–Crippen MR) is 117 cm³/mol. The molecular formula is C23H21F2N3O4. The van der Waals surface area contributed by atoms with Crippen molar-refractivity contribution in [2.45, 2.75) is 13.5 Å². The first-order valence-corrected chi connectivity index (χ1v) is 9.73. The topological polar surface area (TPSA) is 82.4 Å². The van der Waals surface area contributed by atoms with Gasteiger partial charge in [0.1, 0.15) is 23.1 Å². The van der Waals surface area contributed by atoms with Crippen LogP contribution in [0.4, 0.5) is 19.3 Å². The number of aromatic nitrogens is 2. The monoisotopic (exact) mass is 441 g/mol. The molecule has 0 saturated carbocycles. The Hall–Kier alpha value is -4.01. The van der Waals surface area contributed by atoms with Gasteiger partial charge in [-0.2, -0.15) is 5.10 Å². The fraction of sp³-hybridized carbons (Fsp3) is 0.174. The molecule has 7 nitrogen and oxygen atoms in total. The quantitative estimate of drug-likeness (QED) is 0.585. The van der Waals surface area contributed by atoms with Crippen LogP contribution in [0.15, 0.2) is 59.4 Å². The van der Waals surface area contributed by atoms with Crippen LogP contribution < -0.4 is 15.6 Å². The number of rotatable bonds is 7. The summed E-state index contributed by atoms with van der Waals surface area (Å²) < 4.78 is 38.0. The molecule has 3 aromatic rings. The number of nitrogens with zero attached hydrogens (tertiary/aromatic N) is 2. The van der Waals surface area contributed by atoms with Crippen LogP contribution >= 0.6 is 0 Å². The Kier molecular flexibility index (Phi) is 7.33. The van der Waals surface area contributed by atoms with Crippen molar-refractivity contribution in [2.24, 2.45) is 0 Å². The van der Waals surface area contributed by atoms with Gasteiger partial charge in [-0.15, -0.1) is 0 Å². The number of hydrogen-bond acceptors (Lipinski definition) is 5. The number of anilines is 1. The summed E-state index contributed by atoms with van der Waals surface area (Å²) in [5.74, 6) is -0.756. The molecule has 9 heteroatoms. The van der Waals surface area contributed by atoms with Crippen LogP contribution in [0, 0.1) is 11.6 Å². The van der Waals surface area contributed by atoms with E-state index in [9.17, 15) is 18.4 Å². The maximum Gasteiger partial charge on any atom is 0.411 e. The number of nitrogens with one attached hydrogen (secondary N) is 1. The van der Waals surface area contributed by atoms with E-state index in [1.54, 1.807) is 38.3 Å². The van der Waals surface area contributed by atoms with E-state index in [0.717, 1.165) is 16.8 Å². The average molecular weight is 441 g/mol. The lowest BCUT2D eigenvalue weighted by Gasteiger charge is -2.11. The van der Waals surface area contributed by atoms with Crippen molar-refractivity contribution in [3.63, 3.8) is 0 Å². The zero-order valence-electron chi connectivity index (χ0n) is 17.5. The van der Waals surface area contributed by atoms with E-state index in [0.29, 0.717) is 17.0 Å². The van der Waals surface area contributed by atoms with Crippen LogP contribution in [0.1, 0.15) is 12.5 Å². The van der Waals surface area contributed by atoms with Crippen molar-refractivity contribution >= 4 is 17.9 Å². The van der Waals surface area contributed by atoms with Crippen molar-refractivity contribution < 1.29 is 23.0 Å². The van der Waals surface area contributed by atoms with Crippen molar-refractivity contribution in [3.05, 3.63) is 82.2 Å². The molecule has 1 heterocycles. The second-order valence-electron chi connectivity index (χ2n) is 6.57. The number of methoxy groups -OCH3 is 1. The third-order valence-corrected chi connectivity index (χ3v) is 4.41. The molecular weight excluding hydrogens is 420 g/mol. The number of carbonyl (C=O) groups is 1. The number of carbonyl (C=O) groups excluding carboxylic acids is 1. The summed E-state index contributed by atoms with van der Waals surface area (Å²) in [4.78, 5) is 24.7. The highest BCUT2D eigenvalue weighted by molar-refractivity contribution is 5.85. The second kappa shape index (κ2) is 10.3. The van der Waals surface area contributed by atoms with Gasteiger partial charge in [0.25, 0.3) is 5.56 Å². The number of benzene rings is 2. The highest BCUT2D eigenvalue weighted by atomic mass is 19.1. The van der Waals surface area contributed by atoms with Gasteiger partial charge in [-0.25, -0.2) is 18.3 Å². The molecule has 166 valence electrons. The van der Waals surface area contributed by atoms with Gasteiger partial charge in [-0.05, 0) is 49.4 Å². The summed E-state index contributed by atoms with van der Waals surface area (Å²) in [5.41, 5.74) is 0.668. The molecule has 0 atom stereocenters. The van der Waals surface area contributed by atoms with Crippen LogP contribution in [0.2, 0.25) is 0 Å². The molecule has 0 spiro atoms. The lowest BCUT2D eigenvalue weighted by Crippen LogP contribution is -2.28. The highest BCUT2D eigenvalue weighted by Crippen LogP contribution is 2.21. The largest absolute Gasteiger partial charge is 0.497 e. The average Bonchev–Trinajstić information content (AvgIpc) is 2.78. The van der Waals surface area contributed by atoms with E-state index in [2.05, 4.69) is 10.4 Å². The molecule has 0 aliphatic rings. The molecule has 0 unspecified atom stereocenters. The zero-order valence-corrected chi connectivity index (χ0v) is 17.5. The van der Waals surface area contributed by atoms with Crippen LogP contribution in [0.25, 0.3) is 17.3 Å². The van der Waals surface area contributed by atoms with Gasteiger partial charge in [-0.3, -0.25) is 10.1 Å². The van der Waals surface area contributed by atoms with Gasteiger partial charge >= 0.3 is 6.09 Å². The number of ether oxygens (including phenoxy) is 2. The van der Waals surface area contributed by atoms with Gasteiger partial charge in [0.15, 0.2) is 0 Å². The predicted octanol–water partition coefficient (Wildman–Crippen LogP) is 4.48. The lowest BCUT2D eigenvalue weighted by atomic mass is 10.1. The van der Waals surface area contributed by atoms with E-state index >= 15 is 0 Å². The molecule has 0 radical (unpaired) electrons. The molecule has 0 saturated heterocycles. The maximum atomic E-state index is 13.8. The molecule has 32 heavy (non-hydrogen) atoms. The van der Waals surface area contributed by atoms with Crippen molar-refractivity contribution in [1.29, 1.82) is 0 Å². The Balaban J connectivity index is 1.96. The maximum absolute atomic E-state index is 13.8. The van der Waals surface area contributed by atoms with E-state index in [1.807, 2.05) is 0 Å². The minimum absolute atomic E-state index is 0.0167. The normalized spacial score (nSPS) is 10.9. The van der Waals surface area contributed by atoms with Gasteiger partial charge < -0.3 is 9.47 Å². The van der Waals surface area contributed by atoms with E-state index in [1.165, 1.54) is 24.3 Å². The Bertz CT molecular complexity index is 1190. The summed E-state index contributed by atoms with van der Waals surface area (Å²) in [6.45, 7) is 1.77. The summed E-state index contributed by atoms with van der Waals surface area (Å²) in [6.07, 6.45) is 2.16. The Labute approximate surface area is 182 Å². The molecule has 2 aromatic carbocycles. The number of hydrogen-bond donors (Lipinski definition) is 1. The van der Waals surface area contributed by atoms with Gasteiger partial charge in [-0.1, -0.05) is 12.2 Å². The first-order chi connectivity index (χ1) is 15.4. The minimum Gasteiger partial charge on any atom is -0.497 e. The molecule has 0 aliphatic heterocycles. The fourth-order valence-corrected chi connectivity index (χ4v) is 2.85. The highest BCUT2D eigenvalue weighted by Gasteiger charge is 2.13. The molecule has 3 rings (SSSR count). The first-order valence-electron chi connectivity index (χ1n) is 9.73. The molecule has 0 bridgehead atoms. The second-order valence-corrected chi connectivity index (χ2v) is 6.57. The SMILES string of the molecule is CCOC(=O)Nc1cc(-c2ccc(OC)cc2)nn(CC=Cc2ccc(F)cc2F)c1=O. The molecule has 1 N–H and O–H groups in total. The van der Waals surface area contributed by atoms with E-state index < -0.39 is 23.3 Å². The van der Waals surface area contributed by atoms with Crippen molar-refractivity contribution in [1.82, 2.24) is 9.78 Å². The molecule has 1 aromatic heterocycles. The van der Waals surface area contributed by atoms with Crippen LogP contribution in [0.5, 0.6) is 5.75 Å². The summed E-state index contributed by atoms with van der Waals surface area (Å²) in [5, 5.41) is 6.77. The van der Waals surface area contributed by atoms with Crippen LogP contribution in [-0.2, 0) is 11.3 Å². The van der Waals surface area contributed by atoms with Gasteiger partial charge in [0.2, 0.25) is 0 Å². The van der Waals surface area contributed by atoms with Crippen molar-refractivity contribution in [2.75, 3.05) is 19.0 Å². The standard InChI is InChI=1S/C23H21F2N3O4/c1-3-32-23(30)26-21-14-20(16-7-10-18(31-2)11-8-16)27-28(22(21)29)12-4-5-15-6-9-17(24)13-19(15)25/h4-11,13-14H,3,12H2,1-2H3,(H,26,30). The smallest absolute Gasteiger partial charge is 0.411 e. The summed E-state index contributed by atoms with van der Waals surface area (Å²) in [6, 6.07) is 11.6. The van der Waals surface area contributed by atoms with Crippen LogP contribution in [-0.4, -0.2) is 29.6 Å². The van der Waals surface area contributed by atoms with Crippen molar-refractivity contribution in [3.8, 4) is 17.0 Å². The van der Waals surface area contributed by atoms with Gasteiger partial charge in [0.05, 0.1) is 26.0 Å². The lowest BCUT2D eigenvalue weighted by molar-refractivity contribution is 0.168. The first kappa shape index (κ1) is 22.7. The summed E-state index contributed by atoms with van der Waals surface area (Å²) >= 11 is 0. The van der Waals surface area contributed by atoms with Crippen LogP contribution in [0.3, 0.4) is 0 Å². The molecule has 0 fully saturated rings. The Morgan fingerprint density at radius 3 is 2.56 bits per heavy atom. The Morgan fingerprint density at radius 2 is 1.91 bits per heavy atom. The van der Waals surface area contributed by atoms with Gasteiger partial charge in [0, 0.05) is 17.2 Å². The summed E-state index contributed by atoms with van der Waals surface area (Å²) in [7, 11) is 1.55. The molecule has 0 aliphatic carbocycles. The minimum atomic E-state index is -0.771. The Morgan fingerprint density at radius 1 is 1.16 bits per heavy atom.